The molecular formula is C17H22. The molecule has 0 saturated heterocycles. The van der Waals surface area contributed by atoms with Crippen LogP contribution in [0.1, 0.15) is 37.5 Å². The average Bonchev–Trinajstić information content (AvgIpc) is 2.37. The lowest BCUT2D eigenvalue weighted by atomic mass is 9.97. The van der Waals surface area contributed by atoms with Crippen molar-refractivity contribution >= 4 is 5.57 Å². The van der Waals surface area contributed by atoms with E-state index >= 15 is 0 Å². The van der Waals surface area contributed by atoms with Crippen LogP contribution in [0.15, 0.2) is 49.1 Å². The van der Waals surface area contributed by atoms with E-state index < -0.39 is 0 Å². The zero-order valence-electron chi connectivity index (χ0n) is 11.2. The van der Waals surface area contributed by atoms with Crippen molar-refractivity contribution in [2.24, 2.45) is 0 Å². The molecule has 0 heteroatoms. The molecule has 0 aliphatic rings. The summed E-state index contributed by atoms with van der Waals surface area (Å²) in [7, 11) is 0. The molecule has 0 aromatic heterocycles. The molecule has 0 bridgehead atoms. The topological polar surface area (TPSA) is 0 Å². The summed E-state index contributed by atoms with van der Waals surface area (Å²) in [6, 6.07) is 6.84. The van der Waals surface area contributed by atoms with Gasteiger partial charge in [-0.1, -0.05) is 62.9 Å². The molecule has 0 nitrogen and oxygen atoms in total. The molecule has 0 heterocycles. The fourth-order valence-electron chi connectivity index (χ4n) is 1.89. The number of allylic oxidation sites excluding steroid dienone is 5. The first-order chi connectivity index (χ1) is 8.24. The van der Waals surface area contributed by atoms with E-state index in [1.807, 2.05) is 13.0 Å². The predicted molar refractivity (Wildman–Crippen MR) is 78.2 cm³/mol. The maximum atomic E-state index is 3.78. The summed E-state index contributed by atoms with van der Waals surface area (Å²) in [6.45, 7) is 10.2. The molecule has 0 amide bonds. The van der Waals surface area contributed by atoms with Crippen LogP contribution in [0, 0.1) is 0 Å². The molecular weight excluding hydrogens is 204 g/mol. The summed E-state index contributed by atoms with van der Waals surface area (Å²) in [5, 5.41) is 0. The van der Waals surface area contributed by atoms with E-state index in [0.717, 1.165) is 12.8 Å². The van der Waals surface area contributed by atoms with Crippen molar-refractivity contribution in [2.75, 3.05) is 0 Å². The molecule has 0 aliphatic carbocycles. The van der Waals surface area contributed by atoms with Crippen LogP contribution in [-0.4, -0.2) is 0 Å². The van der Waals surface area contributed by atoms with Crippen molar-refractivity contribution in [3.63, 3.8) is 0 Å². The van der Waals surface area contributed by atoms with Gasteiger partial charge in [0.05, 0.1) is 0 Å². The zero-order valence-corrected chi connectivity index (χ0v) is 11.2. The Morgan fingerprint density at radius 2 is 1.71 bits per heavy atom. The van der Waals surface area contributed by atoms with Crippen LogP contribution >= 0.6 is 0 Å². The van der Waals surface area contributed by atoms with Crippen molar-refractivity contribution in [3.05, 3.63) is 65.8 Å². The molecule has 0 N–H and O–H groups in total. The van der Waals surface area contributed by atoms with Crippen LogP contribution in [0.3, 0.4) is 0 Å². The molecule has 1 rings (SSSR count). The molecule has 0 saturated carbocycles. The molecule has 0 atom stereocenters. The van der Waals surface area contributed by atoms with Gasteiger partial charge in [-0.15, -0.1) is 0 Å². The second kappa shape index (κ2) is 6.90. The lowest BCUT2D eigenvalue weighted by molar-refractivity contribution is 1.08. The Morgan fingerprint density at radius 3 is 2.12 bits per heavy atom. The number of hydrogen-bond donors (Lipinski definition) is 0. The fraction of sp³-hybridized carbons (Fsp3) is 0.294. The highest BCUT2D eigenvalue weighted by atomic mass is 14.1. The van der Waals surface area contributed by atoms with Crippen LogP contribution in [0.5, 0.6) is 0 Å². The molecule has 0 spiro atoms. The van der Waals surface area contributed by atoms with Gasteiger partial charge in [0.15, 0.2) is 0 Å². The van der Waals surface area contributed by atoms with Gasteiger partial charge in [0.1, 0.15) is 0 Å². The third-order valence-corrected chi connectivity index (χ3v) is 2.85. The van der Waals surface area contributed by atoms with Crippen molar-refractivity contribution in [3.8, 4) is 0 Å². The monoisotopic (exact) mass is 226 g/mol. The normalized spacial score (nSPS) is 12.1. The zero-order chi connectivity index (χ0) is 12.7. The fourth-order valence-corrected chi connectivity index (χ4v) is 1.89. The minimum atomic E-state index is 1.08. The highest BCUT2D eigenvalue weighted by Crippen LogP contribution is 2.21. The summed E-state index contributed by atoms with van der Waals surface area (Å²) in [4.78, 5) is 0. The second-order valence-corrected chi connectivity index (χ2v) is 4.10. The third kappa shape index (κ3) is 3.74. The van der Waals surface area contributed by atoms with Gasteiger partial charge in [-0.2, -0.15) is 0 Å². The quantitative estimate of drug-likeness (QED) is 0.623. The standard InChI is InChI=1S/C17H22/c1-5-9-16(10-6-2)17-12-14(7-3)11-15(8-4)13-17/h5-6,9-13H,1,7-8H2,2-4H3/b10-6-,16-9+. The Morgan fingerprint density at radius 1 is 1.12 bits per heavy atom. The maximum absolute atomic E-state index is 3.78. The van der Waals surface area contributed by atoms with Crippen LogP contribution < -0.4 is 0 Å². The minimum absolute atomic E-state index is 1.08. The van der Waals surface area contributed by atoms with Gasteiger partial charge < -0.3 is 0 Å². The number of aryl methyl sites for hydroxylation is 2. The maximum Gasteiger partial charge on any atom is -0.0179 e. The molecule has 0 aliphatic heterocycles. The number of hydrogen-bond acceptors (Lipinski definition) is 0. The average molecular weight is 226 g/mol. The molecule has 0 unspecified atom stereocenters. The Balaban J connectivity index is 3.27. The van der Waals surface area contributed by atoms with Gasteiger partial charge in [0.2, 0.25) is 0 Å². The van der Waals surface area contributed by atoms with Crippen molar-refractivity contribution in [2.45, 2.75) is 33.6 Å². The van der Waals surface area contributed by atoms with Crippen LogP contribution in [0.2, 0.25) is 0 Å². The summed E-state index contributed by atoms with van der Waals surface area (Å²) in [5.74, 6) is 0. The molecule has 1 aromatic carbocycles. The van der Waals surface area contributed by atoms with Crippen molar-refractivity contribution < 1.29 is 0 Å². The van der Waals surface area contributed by atoms with E-state index in [9.17, 15) is 0 Å². The Bertz CT molecular complexity index is 411. The van der Waals surface area contributed by atoms with Gasteiger partial charge in [0.25, 0.3) is 0 Å². The van der Waals surface area contributed by atoms with Crippen LogP contribution in [0.4, 0.5) is 0 Å². The van der Waals surface area contributed by atoms with Gasteiger partial charge in [-0.3, -0.25) is 0 Å². The molecule has 1 aromatic rings. The lowest BCUT2D eigenvalue weighted by Gasteiger charge is -2.08. The molecule has 17 heavy (non-hydrogen) atoms. The summed E-state index contributed by atoms with van der Waals surface area (Å²) in [6.07, 6.45) is 10.3. The highest BCUT2D eigenvalue weighted by Gasteiger charge is 2.01. The Kier molecular flexibility index (Phi) is 5.48. The van der Waals surface area contributed by atoms with E-state index in [-0.39, 0.29) is 0 Å². The lowest BCUT2D eigenvalue weighted by Crippen LogP contribution is -1.91. The molecule has 0 radical (unpaired) electrons. The van der Waals surface area contributed by atoms with Gasteiger partial charge >= 0.3 is 0 Å². The highest BCUT2D eigenvalue weighted by molar-refractivity contribution is 5.75. The molecule has 0 fully saturated rings. The number of benzene rings is 1. The first-order valence-corrected chi connectivity index (χ1v) is 6.33. The Hall–Kier alpha value is -1.56. The van der Waals surface area contributed by atoms with Crippen LogP contribution in [0.25, 0.3) is 5.57 Å². The smallest absolute Gasteiger partial charge is 0.0179 e. The predicted octanol–water partition coefficient (Wildman–Crippen LogP) is 4.96. The summed E-state index contributed by atoms with van der Waals surface area (Å²) >= 11 is 0. The van der Waals surface area contributed by atoms with E-state index in [4.69, 9.17) is 0 Å². The Labute approximate surface area is 105 Å². The second-order valence-electron chi connectivity index (χ2n) is 4.10. The van der Waals surface area contributed by atoms with Crippen molar-refractivity contribution in [1.82, 2.24) is 0 Å². The summed E-state index contributed by atoms with van der Waals surface area (Å²) < 4.78 is 0. The van der Waals surface area contributed by atoms with Gasteiger partial charge in [-0.05, 0) is 42.0 Å². The number of rotatable bonds is 5. The van der Waals surface area contributed by atoms with E-state index in [1.165, 1.54) is 22.3 Å². The van der Waals surface area contributed by atoms with E-state index in [1.54, 1.807) is 0 Å². The minimum Gasteiger partial charge on any atom is -0.0990 e. The van der Waals surface area contributed by atoms with Gasteiger partial charge in [-0.25, -0.2) is 0 Å². The summed E-state index contributed by atoms with van der Waals surface area (Å²) in [5.41, 5.74) is 5.32. The molecule has 90 valence electrons. The third-order valence-electron chi connectivity index (χ3n) is 2.85. The van der Waals surface area contributed by atoms with E-state index in [0.29, 0.717) is 0 Å². The largest absolute Gasteiger partial charge is 0.0990 e. The van der Waals surface area contributed by atoms with E-state index in [2.05, 4.69) is 56.9 Å². The first-order valence-electron chi connectivity index (χ1n) is 6.33. The SMILES string of the molecule is C=C/C=C(\C=C/C)c1cc(CC)cc(CC)c1. The van der Waals surface area contributed by atoms with Gasteiger partial charge in [0, 0.05) is 0 Å². The van der Waals surface area contributed by atoms with Crippen molar-refractivity contribution in [1.29, 1.82) is 0 Å². The first kappa shape index (κ1) is 13.5. The van der Waals surface area contributed by atoms with Crippen LogP contribution in [-0.2, 0) is 12.8 Å².